The number of rotatable bonds is 2. The highest BCUT2D eigenvalue weighted by atomic mass is 16.5. The fourth-order valence-corrected chi connectivity index (χ4v) is 2.34. The number of hydrogen-bond acceptors (Lipinski definition) is 2. The minimum Gasteiger partial charge on any atom is -0.490 e. The number of ether oxygens (including phenoxy) is 1. The molecule has 2 atom stereocenters. The number of fused-ring (bicyclic) bond motifs is 1. The highest BCUT2D eigenvalue weighted by molar-refractivity contribution is 5.68. The summed E-state index contributed by atoms with van der Waals surface area (Å²) in [7, 11) is 0. The van der Waals surface area contributed by atoms with Crippen LogP contribution in [0.15, 0.2) is 18.2 Å². The molecule has 3 heteroatoms. The van der Waals surface area contributed by atoms with Crippen molar-refractivity contribution < 1.29 is 14.6 Å². The maximum atomic E-state index is 10.8. The third kappa shape index (κ3) is 2.03. The molecule has 1 aliphatic rings. The van der Waals surface area contributed by atoms with Crippen LogP contribution in [0.1, 0.15) is 36.8 Å². The smallest absolute Gasteiger partial charge is 0.303 e. The first-order chi connectivity index (χ1) is 7.58. The zero-order chi connectivity index (χ0) is 11.7. The predicted molar refractivity (Wildman–Crippen MR) is 60.9 cm³/mol. The largest absolute Gasteiger partial charge is 0.490 e. The number of hydrogen-bond donors (Lipinski definition) is 1. The van der Waals surface area contributed by atoms with Gasteiger partial charge in [-0.05, 0) is 31.4 Å². The molecule has 0 spiro atoms. The lowest BCUT2D eigenvalue weighted by molar-refractivity contribution is -0.137. The Morgan fingerprint density at radius 2 is 2.31 bits per heavy atom. The quantitative estimate of drug-likeness (QED) is 0.833. The second-order valence-corrected chi connectivity index (χ2v) is 4.45. The zero-order valence-corrected chi connectivity index (χ0v) is 9.56. The van der Waals surface area contributed by atoms with Crippen LogP contribution in [0.4, 0.5) is 0 Å². The van der Waals surface area contributed by atoms with Gasteiger partial charge in [0.05, 0.1) is 12.5 Å². The van der Waals surface area contributed by atoms with Crippen LogP contribution in [0.5, 0.6) is 5.75 Å². The topological polar surface area (TPSA) is 46.5 Å². The van der Waals surface area contributed by atoms with Gasteiger partial charge in [-0.1, -0.05) is 18.2 Å². The fourth-order valence-electron chi connectivity index (χ4n) is 2.34. The average molecular weight is 220 g/mol. The summed E-state index contributed by atoms with van der Waals surface area (Å²) in [6.07, 6.45) is 1.06. The first-order valence-electron chi connectivity index (χ1n) is 5.56. The van der Waals surface area contributed by atoms with E-state index in [0.29, 0.717) is 0 Å². The van der Waals surface area contributed by atoms with E-state index in [2.05, 4.69) is 0 Å². The fraction of sp³-hybridized carbons (Fsp3) is 0.462. The molecule has 1 heterocycles. The molecule has 1 aliphatic heterocycles. The van der Waals surface area contributed by atoms with Crippen LogP contribution in [0, 0.1) is 6.92 Å². The molecule has 0 aromatic heterocycles. The Bertz CT molecular complexity index is 412. The lowest BCUT2D eigenvalue weighted by Crippen LogP contribution is -2.24. The van der Waals surface area contributed by atoms with Crippen molar-refractivity contribution in [2.75, 3.05) is 0 Å². The summed E-state index contributed by atoms with van der Waals surface area (Å²) in [5.74, 6) is 0.218. The van der Waals surface area contributed by atoms with E-state index in [0.717, 1.165) is 23.3 Å². The first-order valence-corrected chi connectivity index (χ1v) is 5.56. The summed E-state index contributed by atoms with van der Waals surface area (Å²) < 4.78 is 5.78. The number of carboxylic acids is 1. The molecule has 0 bridgehead atoms. The normalized spacial score (nSPS) is 23.4. The Labute approximate surface area is 95.0 Å². The summed E-state index contributed by atoms with van der Waals surface area (Å²) in [5, 5.41) is 8.91. The van der Waals surface area contributed by atoms with Gasteiger partial charge in [0.1, 0.15) is 5.75 Å². The minimum absolute atomic E-state index is 0.0798. The van der Waals surface area contributed by atoms with Crippen molar-refractivity contribution in [2.24, 2.45) is 0 Å². The SMILES string of the molecule is Cc1cccc2c1O[C@H](C)CC2CC(=O)O. The molecular formula is C13H16O3. The molecule has 0 fully saturated rings. The van der Waals surface area contributed by atoms with Crippen molar-refractivity contribution in [2.45, 2.75) is 38.7 Å². The maximum absolute atomic E-state index is 10.8. The minimum atomic E-state index is -0.744. The summed E-state index contributed by atoms with van der Waals surface area (Å²) >= 11 is 0. The van der Waals surface area contributed by atoms with E-state index in [4.69, 9.17) is 9.84 Å². The molecule has 1 unspecified atom stereocenters. The van der Waals surface area contributed by atoms with Gasteiger partial charge in [0.2, 0.25) is 0 Å². The van der Waals surface area contributed by atoms with Crippen molar-refractivity contribution in [3.05, 3.63) is 29.3 Å². The number of carbonyl (C=O) groups is 1. The van der Waals surface area contributed by atoms with Gasteiger partial charge < -0.3 is 9.84 Å². The van der Waals surface area contributed by atoms with Gasteiger partial charge in [-0.3, -0.25) is 4.79 Å². The molecule has 86 valence electrons. The van der Waals surface area contributed by atoms with Gasteiger partial charge in [-0.15, -0.1) is 0 Å². The van der Waals surface area contributed by atoms with E-state index in [9.17, 15) is 4.79 Å². The van der Waals surface area contributed by atoms with Crippen LogP contribution in [-0.2, 0) is 4.79 Å². The van der Waals surface area contributed by atoms with Crippen LogP contribution in [-0.4, -0.2) is 17.2 Å². The lowest BCUT2D eigenvalue weighted by Gasteiger charge is -2.30. The lowest BCUT2D eigenvalue weighted by atomic mass is 9.86. The molecule has 0 amide bonds. The molecule has 0 saturated heterocycles. The molecule has 3 nitrogen and oxygen atoms in total. The second kappa shape index (κ2) is 4.16. The van der Waals surface area contributed by atoms with Crippen LogP contribution in [0.25, 0.3) is 0 Å². The van der Waals surface area contributed by atoms with Crippen LogP contribution < -0.4 is 4.74 Å². The van der Waals surface area contributed by atoms with Gasteiger partial charge in [-0.25, -0.2) is 0 Å². The van der Waals surface area contributed by atoms with Crippen molar-refractivity contribution in [1.82, 2.24) is 0 Å². The molecule has 16 heavy (non-hydrogen) atoms. The highest BCUT2D eigenvalue weighted by Crippen LogP contribution is 2.39. The highest BCUT2D eigenvalue weighted by Gasteiger charge is 2.28. The first kappa shape index (κ1) is 11.0. The average Bonchev–Trinajstić information content (AvgIpc) is 2.18. The van der Waals surface area contributed by atoms with Crippen molar-refractivity contribution in [3.63, 3.8) is 0 Å². The van der Waals surface area contributed by atoms with E-state index in [1.165, 1.54) is 0 Å². The Morgan fingerprint density at radius 3 is 3.00 bits per heavy atom. The number of aliphatic carboxylic acids is 1. The maximum Gasteiger partial charge on any atom is 0.303 e. The molecule has 1 aromatic carbocycles. The number of carboxylic acid groups (broad SMARTS) is 1. The zero-order valence-electron chi connectivity index (χ0n) is 9.56. The van der Waals surface area contributed by atoms with Crippen molar-refractivity contribution in [3.8, 4) is 5.75 Å². The van der Waals surface area contributed by atoms with Crippen molar-refractivity contribution in [1.29, 1.82) is 0 Å². The summed E-state index contributed by atoms with van der Waals surface area (Å²) in [6.45, 7) is 3.99. The van der Waals surface area contributed by atoms with Gasteiger partial charge in [-0.2, -0.15) is 0 Å². The van der Waals surface area contributed by atoms with Crippen LogP contribution >= 0.6 is 0 Å². The Morgan fingerprint density at radius 1 is 1.56 bits per heavy atom. The van der Waals surface area contributed by atoms with E-state index in [1.54, 1.807) is 0 Å². The van der Waals surface area contributed by atoms with Gasteiger partial charge in [0, 0.05) is 5.92 Å². The molecule has 1 aromatic rings. The molecule has 2 rings (SSSR count). The van der Waals surface area contributed by atoms with Gasteiger partial charge >= 0.3 is 5.97 Å². The molecular weight excluding hydrogens is 204 g/mol. The third-order valence-electron chi connectivity index (χ3n) is 3.04. The predicted octanol–water partition coefficient (Wildman–Crippen LogP) is 2.72. The van der Waals surface area contributed by atoms with E-state index in [1.807, 2.05) is 32.0 Å². The third-order valence-corrected chi connectivity index (χ3v) is 3.04. The summed E-state index contributed by atoms with van der Waals surface area (Å²) in [6, 6.07) is 5.93. The van der Waals surface area contributed by atoms with E-state index < -0.39 is 5.97 Å². The Hall–Kier alpha value is -1.51. The summed E-state index contributed by atoms with van der Waals surface area (Å²) in [5.41, 5.74) is 2.12. The van der Waals surface area contributed by atoms with Crippen LogP contribution in [0.3, 0.4) is 0 Å². The second-order valence-electron chi connectivity index (χ2n) is 4.45. The Balaban J connectivity index is 2.38. The monoisotopic (exact) mass is 220 g/mol. The van der Waals surface area contributed by atoms with Crippen molar-refractivity contribution >= 4 is 5.97 Å². The Kier molecular flexibility index (Phi) is 2.86. The van der Waals surface area contributed by atoms with E-state index >= 15 is 0 Å². The molecule has 1 N–H and O–H groups in total. The van der Waals surface area contributed by atoms with Gasteiger partial charge in [0.15, 0.2) is 0 Å². The summed E-state index contributed by atoms with van der Waals surface area (Å²) in [4.78, 5) is 10.8. The number of aryl methyl sites for hydroxylation is 1. The van der Waals surface area contributed by atoms with Crippen LogP contribution in [0.2, 0.25) is 0 Å². The van der Waals surface area contributed by atoms with E-state index in [-0.39, 0.29) is 18.4 Å². The number of para-hydroxylation sites is 1. The standard InChI is InChI=1S/C13H16O3/c1-8-4-3-5-11-10(7-12(14)15)6-9(2)16-13(8)11/h3-5,9-10H,6-7H2,1-2H3,(H,14,15)/t9-,10?/m1/s1. The van der Waals surface area contributed by atoms with Gasteiger partial charge in [0.25, 0.3) is 0 Å². The number of benzene rings is 1. The molecule has 0 saturated carbocycles. The molecule has 0 radical (unpaired) electrons. The molecule has 0 aliphatic carbocycles.